The van der Waals surface area contributed by atoms with Gasteiger partial charge in [0.15, 0.2) is 6.29 Å². The molecule has 0 spiro atoms. The van der Waals surface area contributed by atoms with Crippen LogP contribution in [0.2, 0.25) is 19.6 Å². The second-order valence-electron chi connectivity index (χ2n) is 5.79. The molecule has 0 aliphatic heterocycles. The molecule has 0 saturated heterocycles. The van der Waals surface area contributed by atoms with Crippen LogP contribution in [-0.4, -0.2) is 45.5 Å². The Morgan fingerprint density at radius 3 is 2.47 bits per heavy atom. The Balaban J connectivity index is 3.02. The number of hydrogen-bond acceptors (Lipinski definition) is 3. The molecule has 0 unspecified atom stereocenters. The number of carbonyl (C=O) groups excluding carboxylic acids is 2. The van der Waals surface area contributed by atoms with Crippen LogP contribution < -0.4 is 4.74 Å². The molecule has 0 heterocycles. The van der Waals surface area contributed by atoms with Gasteiger partial charge in [-0.1, -0.05) is 19.6 Å². The lowest BCUT2D eigenvalue weighted by Crippen LogP contribution is -2.41. The van der Waals surface area contributed by atoms with E-state index in [1.54, 1.807) is 30.1 Å². The molecule has 1 aromatic rings. The quantitative estimate of drug-likeness (QED) is 0.614. The van der Waals surface area contributed by atoms with E-state index in [0.717, 1.165) is 6.17 Å². The van der Waals surface area contributed by atoms with Crippen molar-refractivity contribution < 1.29 is 14.3 Å². The van der Waals surface area contributed by atoms with Crippen LogP contribution in [0.4, 0.5) is 0 Å². The van der Waals surface area contributed by atoms with Gasteiger partial charge in [-0.3, -0.25) is 9.59 Å². The third-order valence-corrected chi connectivity index (χ3v) is 4.10. The summed E-state index contributed by atoms with van der Waals surface area (Å²) in [5.41, 5.74) is 0.795. The molecule has 0 aliphatic carbocycles. The lowest BCUT2D eigenvalue weighted by atomic mass is 10.1. The number of hydrogen-bond donors (Lipinski definition) is 0. The van der Waals surface area contributed by atoms with Crippen LogP contribution >= 0.6 is 0 Å². The highest BCUT2D eigenvalue weighted by atomic mass is 28.3. The number of carbonyl (C=O) groups is 2. The maximum atomic E-state index is 12.4. The average molecular weight is 279 g/mol. The second kappa shape index (κ2) is 6.01. The maximum Gasteiger partial charge on any atom is 0.254 e. The molecule has 0 atom stereocenters. The number of methoxy groups -OCH3 is 1. The molecule has 1 aromatic carbocycles. The average Bonchev–Trinajstić information content (AvgIpc) is 2.35. The standard InChI is InChI=1S/C14H21NO3Si/c1-15(10-19(3,4)5)14(17)13-7-6-12(18-2)8-11(13)9-16/h6-9H,10H2,1-5H3. The van der Waals surface area contributed by atoms with E-state index in [1.807, 2.05) is 0 Å². The van der Waals surface area contributed by atoms with Crippen molar-refractivity contribution in [3.63, 3.8) is 0 Å². The van der Waals surface area contributed by atoms with Crippen LogP contribution in [-0.2, 0) is 0 Å². The summed E-state index contributed by atoms with van der Waals surface area (Å²) in [6, 6.07) is 4.93. The van der Waals surface area contributed by atoms with Gasteiger partial charge in [0.05, 0.1) is 20.7 Å². The zero-order valence-corrected chi connectivity index (χ0v) is 13.2. The van der Waals surface area contributed by atoms with E-state index < -0.39 is 8.07 Å². The van der Waals surface area contributed by atoms with E-state index >= 15 is 0 Å². The van der Waals surface area contributed by atoms with Gasteiger partial charge in [-0.2, -0.15) is 0 Å². The molecular formula is C14H21NO3Si. The first kappa shape index (κ1) is 15.4. The normalized spacial score (nSPS) is 11.0. The molecule has 104 valence electrons. The first-order valence-corrected chi connectivity index (χ1v) is 9.88. The summed E-state index contributed by atoms with van der Waals surface area (Å²) in [5, 5.41) is 0. The fourth-order valence-electron chi connectivity index (χ4n) is 1.95. The first-order chi connectivity index (χ1) is 8.78. The van der Waals surface area contributed by atoms with Crippen molar-refractivity contribution >= 4 is 20.3 Å². The third kappa shape index (κ3) is 4.20. The Hall–Kier alpha value is -1.62. The SMILES string of the molecule is COc1ccc(C(=O)N(C)C[Si](C)(C)C)c(C=O)c1. The van der Waals surface area contributed by atoms with Gasteiger partial charge in [0.1, 0.15) is 5.75 Å². The van der Waals surface area contributed by atoms with Crippen molar-refractivity contribution in [3.05, 3.63) is 29.3 Å². The zero-order chi connectivity index (χ0) is 14.6. The minimum atomic E-state index is -1.37. The van der Waals surface area contributed by atoms with E-state index in [1.165, 1.54) is 7.11 Å². The van der Waals surface area contributed by atoms with Crippen LogP contribution in [0.15, 0.2) is 18.2 Å². The van der Waals surface area contributed by atoms with Crippen LogP contribution in [0.25, 0.3) is 0 Å². The summed E-state index contributed by atoms with van der Waals surface area (Å²) in [5.74, 6) is 0.457. The molecule has 0 aromatic heterocycles. The van der Waals surface area contributed by atoms with E-state index in [0.29, 0.717) is 23.2 Å². The number of aldehydes is 1. The zero-order valence-electron chi connectivity index (χ0n) is 12.2. The van der Waals surface area contributed by atoms with Crippen LogP contribution in [0.5, 0.6) is 5.75 Å². The number of ether oxygens (including phenoxy) is 1. The number of nitrogens with zero attached hydrogens (tertiary/aromatic N) is 1. The van der Waals surface area contributed by atoms with Gasteiger partial charge >= 0.3 is 0 Å². The fourth-order valence-corrected chi connectivity index (χ4v) is 3.52. The predicted molar refractivity (Wildman–Crippen MR) is 78.7 cm³/mol. The topological polar surface area (TPSA) is 46.6 Å². The highest BCUT2D eigenvalue weighted by Gasteiger charge is 2.22. The van der Waals surface area contributed by atoms with Crippen molar-refractivity contribution in [2.24, 2.45) is 0 Å². The Labute approximate surface area is 115 Å². The molecule has 0 N–H and O–H groups in total. The summed E-state index contributed by atoms with van der Waals surface area (Å²) in [6.45, 7) is 6.60. The van der Waals surface area contributed by atoms with Crippen molar-refractivity contribution in [3.8, 4) is 5.75 Å². The van der Waals surface area contributed by atoms with Crippen LogP contribution in [0.3, 0.4) is 0 Å². The van der Waals surface area contributed by atoms with Crippen molar-refractivity contribution in [2.75, 3.05) is 20.3 Å². The fraction of sp³-hybridized carbons (Fsp3) is 0.429. The maximum absolute atomic E-state index is 12.4. The van der Waals surface area contributed by atoms with Gasteiger partial charge in [0.25, 0.3) is 5.91 Å². The third-order valence-electron chi connectivity index (χ3n) is 2.67. The molecule has 0 aliphatic rings. The van der Waals surface area contributed by atoms with Gasteiger partial charge < -0.3 is 9.64 Å². The van der Waals surface area contributed by atoms with Crippen LogP contribution in [0.1, 0.15) is 20.7 Å². The molecular weight excluding hydrogens is 258 g/mol. The summed E-state index contributed by atoms with van der Waals surface area (Å²) < 4.78 is 5.06. The Kier molecular flexibility index (Phi) is 4.88. The molecule has 0 fully saturated rings. The van der Waals surface area contributed by atoms with Crippen molar-refractivity contribution in [2.45, 2.75) is 19.6 Å². The molecule has 0 bridgehead atoms. The summed E-state index contributed by atoms with van der Waals surface area (Å²) in [4.78, 5) is 25.1. The highest BCUT2D eigenvalue weighted by Crippen LogP contribution is 2.18. The molecule has 0 radical (unpaired) electrons. The Morgan fingerprint density at radius 2 is 2.00 bits per heavy atom. The summed E-state index contributed by atoms with van der Waals surface area (Å²) in [7, 11) is 1.94. The number of benzene rings is 1. The van der Waals surface area contributed by atoms with E-state index in [-0.39, 0.29) is 5.91 Å². The lowest BCUT2D eigenvalue weighted by molar-refractivity contribution is 0.0812. The minimum Gasteiger partial charge on any atom is -0.497 e. The Bertz CT molecular complexity index is 480. The molecule has 5 heteroatoms. The number of amides is 1. The van der Waals surface area contributed by atoms with Crippen molar-refractivity contribution in [1.82, 2.24) is 4.90 Å². The van der Waals surface area contributed by atoms with Gasteiger partial charge in [0.2, 0.25) is 0 Å². The van der Waals surface area contributed by atoms with Crippen LogP contribution in [0, 0.1) is 0 Å². The van der Waals surface area contributed by atoms with E-state index in [2.05, 4.69) is 19.6 Å². The van der Waals surface area contributed by atoms with Gasteiger partial charge in [-0.15, -0.1) is 0 Å². The molecule has 0 saturated carbocycles. The van der Waals surface area contributed by atoms with Crippen molar-refractivity contribution in [1.29, 1.82) is 0 Å². The molecule has 19 heavy (non-hydrogen) atoms. The van der Waals surface area contributed by atoms with Gasteiger partial charge in [0, 0.05) is 18.8 Å². The predicted octanol–water partition coefficient (Wildman–Crippen LogP) is 2.46. The molecule has 1 amide bonds. The summed E-state index contributed by atoms with van der Waals surface area (Å²) >= 11 is 0. The molecule has 1 rings (SSSR count). The van der Waals surface area contributed by atoms with Gasteiger partial charge in [-0.25, -0.2) is 0 Å². The summed E-state index contributed by atoms with van der Waals surface area (Å²) in [6.07, 6.45) is 1.45. The highest BCUT2D eigenvalue weighted by molar-refractivity contribution is 6.76. The molecule has 4 nitrogen and oxygen atoms in total. The minimum absolute atomic E-state index is 0.118. The lowest BCUT2D eigenvalue weighted by Gasteiger charge is -2.25. The first-order valence-electron chi connectivity index (χ1n) is 6.17. The second-order valence-corrected chi connectivity index (χ2v) is 11.2. The van der Waals surface area contributed by atoms with Gasteiger partial charge in [-0.05, 0) is 18.2 Å². The van der Waals surface area contributed by atoms with E-state index in [9.17, 15) is 9.59 Å². The van der Waals surface area contributed by atoms with E-state index in [4.69, 9.17) is 4.74 Å². The smallest absolute Gasteiger partial charge is 0.254 e. The monoisotopic (exact) mass is 279 g/mol. The number of rotatable bonds is 5. The Morgan fingerprint density at radius 1 is 1.37 bits per heavy atom. The largest absolute Gasteiger partial charge is 0.497 e.